The Morgan fingerprint density at radius 1 is 1.54 bits per heavy atom. The van der Waals surface area contributed by atoms with Crippen molar-refractivity contribution in [3.05, 3.63) is 0 Å². The average Bonchev–Trinajstić information content (AvgIpc) is 2.09. The Kier molecular flexibility index (Phi) is 3.14. The van der Waals surface area contributed by atoms with Gasteiger partial charge in [0.25, 0.3) is 0 Å². The number of aliphatic hydroxyl groups is 1. The van der Waals surface area contributed by atoms with E-state index >= 15 is 0 Å². The van der Waals surface area contributed by atoms with E-state index in [4.69, 9.17) is 10.2 Å². The molecule has 1 rings (SSSR count). The van der Waals surface area contributed by atoms with Gasteiger partial charge in [0.05, 0.1) is 0 Å². The van der Waals surface area contributed by atoms with Crippen molar-refractivity contribution in [1.82, 2.24) is 5.32 Å². The SMILES string of the molecule is CC1(CO)CCC(NC(=O)O)CC1. The van der Waals surface area contributed by atoms with Crippen LogP contribution in [0.15, 0.2) is 0 Å². The summed E-state index contributed by atoms with van der Waals surface area (Å²) in [5.74, 6) is 0. The lowest BCUT2D eigenvalue weighted by molar-refractivity contribution is 0.0878. The summed E-state index contributed by atoms with van der Waals surface area (Å²) in [7, 11) is 0. The number of carbonyl (C=O) groups is 1. The number of amides is 1. The first kappa shape index (κ1) is 10.3. The van der Waals surface area contributed by atoms with Crippen LogP contribution in [-0.2, 0) is 0 Å². The van der Waals surface area contributed by atoms with E-state index in [0.29, 0.717) is 0 Å². The van der Waals surface area contributed by atoms with Gasteiger partial charge >= 0.3 is 6.09 Å². The van der Waals surface area contributed by atoms with Crippen LogP contribution in [0.2, 0.25) is 0 Å². The minimum Gasteiger partial charge on any atom is -0.465 e. The molecule has 0 aliphatic heterocycles. The summed E-state index contributed by atoms with van der Waals surface area (Å²) >= 11 is 0. The lowest BCUT2D eigenvalue weighted by Gasteiger charge is -2.35. The zero-order chi connectivity index (χ0) is 9.90. The smallest absolute Gasteiger partial charge is 0.404 e. The molecule has 13 heavy (non-hydrogen) atoms. The summed E-state index contributed by atoms with van der Waals surface area (Å²) in [6.07, 6.45) is 2.52. The third-order valence-electron chi connectivity index (χ3n) is 2.90. The van der Waals surface area contributed by atoms with E-state index in [0.717, 1.165) is 25.7 Å². The van der Waals surface area contributed by atoms with Crippen molar-refractivity contribution in [3.63, 3.8) is 0 Å². The largest absolute Gasteiger partial charge is 0.465 e. The second-order valence-electron chi connectivity index (χ2n) is 4.19. The second kappa shape index (κ2) is 3.96. The Balaban J connectivity index is 2.34. The number of nitrogens with one attached hydrogen (secondary N) is 1. The summed E-state index contributed by atoms with van der Waals surface area (Å²) in [5, 5.41) is 20.1. The third kappa shape index (κ3) is 2.88. The lowest BCUT2D eigenvalue weighted by Crippen LogP contribution is -2.40. The second-order valence-corrected chi connectivity index (χ2v) is 4.19. The molecule has 1 fully saturated rings. The number of rotatable bonds is 2. The maximum Gasteiger partial charge on any atom is 0.404 e. The number of aliphatic hydroxyl groups excluding tert-OH is 1. The standard InChI is InChI=1S/C9H17NO3/c1-9(6-11)4-2-7(3-5-9)10-8(12)13/h7,10-11H,2-6H2,1H3,(H,12,13). The van der Waals surface area contributed by atoms with Crippen molar-refractivity contribution >= 4 is 6.09 Å². The predicted molar refractivity (Wildman–Crippen MR) is 48.6 cm³/mol. The molecule has 0 bridgehead atoms. The Labute approximate surface area is 78.0 Å². The molecule has 3 N–H and O–H groups in total. The molecule has 0 atom stereocenters. The molecule has 1 aliphatic carbocycles. The monoisotopic (exact) mass is 187 g/mol. The van der Waals surface area contributed by atoms with Crippen LogP contribution in [0.25, 0.3) is 0 Å². The van der Waals surface area contributed by atoms with Gasteiger partial charge in [0.1, 0.15) is 0 Å². The maximum absolute atomic E-state index is 10.3. The number of hydrogen-bond acceptors (Lipinski definition) is 2. The lowest BCUT2D eigenvalue weighted by atomic mass is 9.74. The average molecular weight is 187 g/mol. The highest BCUT2D eigenvalue weighted by Gasteiger charge is 2.30. The van der Waals surface area contributed by atoms with Crippen LogP contribution < -0.4 is 5.32 Å². The van der Waals surface area contributed by atoms with Gasteiger partial charge in [0, 0.05) is 12.6 Å². The molecule has 1 saturated carbocycles. The van der Waals surface area contributed by atoms with Crippen molar-refractivity contribution < 1.29 is 15.0 Å². The van der Waals surface area contributed by atoms with Gasteiger partial charge in [-0.3, -0.25) is 0 Å². The molecule has 0 aromatic rings. The fourth-order valence-corrected chi connectivity index (χ4v) is 1.79. The van der Waals surface area contributed by atoms with E-state index in [2.05, 4.69) is 5.32 Å². The Morgan fingerprint density at radius 3 is 2.46 bits per heavy atom. The van der Waals surface area contributed by atoms with E-state index < -0.39 is 6.09 Å². The van der Waals surface area contributed by atoms with Gasteiger partial charge in [0.2, 0.25) is 0 Å². The van der Waals surface area contributed by atoms with Gasteiger partial charge in [0.15, 0.2) is 0 Å². The number of carboxylic acid groups (broad SMARTS) is 1. The molecule has 76 valence electrons. The predicted octanol–water partition coefficient (Wildman–Crippen LogP) is 1.20. The highest BCUT2D eigenvalue weighted by atomic mass is 16.4. The van der Waals surface area contributed by atoms with Crippen molar-refractivity contribution in [2.24, 2.45) is 5.41 Å². The van der Waals surface area contributed by atoms with Crippen molar-refractivity contribution in [2.75, 3.05) is 6.61 Å². The molecular weight excluding hydrogens is 170 g/mol. The zero-order valence-electron chi connectivity index (χ0n) is 7.92. The van der Waals surface area contributed by atoms with E-state index in [1.165, 1.54) is 0 Å². The van der Waals surface area contributed by atoms with Crippen molar-refractivity contribution in [2.45, 2.75) is 38.6 Å². The van der Waals surface area contributed by atoms with Gasteiger partial charge in [-0.25, -0.2) is 4.79 Å². The topological polar surface area (TPSA) is 69.6 Å². The zero-order valence-corrected chi connectivity index (χ0v) is 7.92. The molecule has 1 aliphatic rings. The Bertz CT molecular complexity index is 185. The summed E-state index contributed by atoms with van der Waals surface area (Å²) in [5.41, 5.74) is 0.0106. The quantitative estimate of drug-likeness (QED) is 0.608. The third-order valence-corrected chi connectivity index (χ3v) is 2.90. The first-order chi connectivity index (χ1) is 6.06. The van der Waals surface area contributed by atoms with E-state index in [-0.39, 0.29) is 18.1 Å². The molecular formula is C9H17NO3. The minimum absolute atomic E-state index is 0.0106. The Hall–Kier alpha value is -0.770. The number of hydrogen-bond donors (Lipinski definition) is 3. The van der Waals surface area contributed by atoms with E-state index in [9.17, 15) is 4.79 Å². The normalized spacial score (nSPS) is 34.2. The molecule has 4 heteroatoms. The van der Waals surface area contributed by atoms with Gasteiger partial charge in [-0.15, -0.1) is 0 Å². The Morgan fingerprint density at radius 2 is 2.08 bits per heavy atom. The van der Waals surface area contributed by atoms with E-state index in [1.54, 1.807) is 0 Å². The van der Waals surface area contributed by atoms with Crippen LogP contribution in [0, 0.1) is 5.41 Å². The molecule has 0 unspecified atom stereocenters. The minimum atomic E-state index is -0.947. The molecule has 1 amide bonds. The van der Waals surface area contributed by atoms with Crippen molar-refractivity contribution in [1.29, 1.82) is 0 Å². The van der Waals surface area contributed by atoms with Crippen LogP contribution in [0.4, 0.5) is 4.79 Å². The van der Waals surface area contributed by atoms with Crippen molar-refractivity contribution in [3.8, 4) is 0 Å². The molecule has 0 saturated heterocycles. The molecule has 0 aromatic carbocycles. The van der Waals surface area contributed by atoms with Crippen LogP contribution >= 0.6 is 0 Å². The first-order valence-corrected chi connectivity index (χ1v) is 4.66. The fourth-order valence-electron chi connectivity index (χ4n) is 1.79. The van der Waals surface area contributed by atoms with Gasteiger partial charge < -0.3 is 15.5 Å². The highest BCUT2D eigenvalue weighted by Crippen LogP contribution is 2.35. The van der Waals surface area contributed by atoms with Crippen LogP contribution in [0.5, 0.6) is 0 Å². The fraction of sp³-hybridized carbons (Fsp3) is 0.889. The summed E-state index contributed by atoms with van der Waals surface area (Å²) < 4.78 is 0. The molecule has 0 heterocycles. The van der Waals surface area contributed by atoms with Gasteiger partial charge in [-0.2, -0.15) is 0 Å². The van der Waals surface area contributed by atoms with Crippen LogP contribution in [-0.4, -0.2) is 29.0 Å². The van der Waals surface area contributed by atoms with Gasteiger partial charge in [-0.05, 0) is 31.1 Å². The molecule has 0 radical (unpaired) electrons. The summed E-state index contributed by atoms with van der Waals surface area (Å²) in [6, 6.07) is 0.0807. The maximum atomic E-state index is 10.3. The molecule has 4 nitrogen and oxygen atoms in total. The summed E-state index contributed by atoms with van der Waals surface area (Å²) in [4.78, 5) is 10.3. The van der Waals surface area contributed by atoms with Crippen LogP contribution in [0.1, 0.15) is 32.6 Å². The highest BCUT2D eigenvalue weighted by molar-refractivity contribution is 5.64. The molecule has 0 spiro atoms. The van der Waals surface area contributed by atoms with Crippen LogP contribution in [0.3, 0.4) is 0 Å². The summed E-state index contributed by atoms with van der Waals surface area (Å²) in [6.45, 7) is 2.25. The van der Waals surface area contributed by atoms with E-state index in [1.807, 2.05) is 6.92 Å². The first-order valence-electron chi connectivity index (χ1n) is 4.66. The molecule has 0 aromatic heterocycles. The van der Waals surface area contributed by atoms with Gasteiger partial charge in [-0.1, -0.05) is 6.92 Å².